The van der Waals surface area contributed by atoms with Crippen molar-refractivity contribution in [2.24, 2.45) is 0 Å². The average molecular weight is 296 g/mol. The van der Waals surface area contributed by atoms with E-state index in [2.05, 4.69) is 10.3 Å². The van der Waals surface area contributed by atoms with Crippen LogP contribution in [0.1, 0.15) is 33.6 Å². The molecule has 0 aromatic carbocycles. The Hall–Kier alpha value is -2.64. The Morgan fingerprint density at radius 3 is 2.19 bits per heavy atom. The van der Waals surface area contributed by atoms with Crippen molar-refractivity contribution in [2.45, 2.75) is 33.2 Å². The van der Waals surface area contributed by atoms with Gasteiger partial charge < -0.3 is 20.5 Å². The van der Waals surface area contributed by atoms with Crippen molar-refractivity contribution in [1.82, 2.24) is 10.3 Å². The van der Waals surface area contributed by atoms with E-state index < -0.39 is 35.9 Å². The molecule has 1 rings (SSSR count). The van der Waals surface area contributed by atoms with Gasteiger partial charge in [0.15, 0.2) is 0 Å². The first-order valence-electron chi connectivity index (χ1n) is 6.10. The second-order valence-corrected chi connectivity index (χ2v) is 4.67. The number of H-pyrrole nitrogens is 1. The number of pyridine rings is 1. The molecule has 0 bridgehead atoms. The van der Waals surface area contributed by atoms with Crippen LogP contribution in [0.15, 0.2) is 4.79 Å². The summed E-state index contributed by atoms with van der Waals surface area (Å²) in [5.74, 6) is -3.76. The van der Waals surface area contributed by atoms with Crippen LogP contribution >= 0.6 is 0 Å². The fourth-order valence-corrected chi connectivity index (χ4v) is 1.84. The number of carboxylic acids is 2. The summed E-state index contributed by atoms with van der Waals surface area (Å²) in [6, 6.07) is -1.60. The molecule has 0 radical (unpaired) electrons. The number of amides is 1. The normalized spacial score (nSPS) is 11.8. The molecule has 1 amide bonds. The number of aromatic amines is 1. The topological polar surface area (TPSA) is 137 Å². The van der Waals surface area contributed by atoms with E-state index in [0.717, 1.165) is 0 Å². The second kappa shape index (κ2) is 6.21. The molecule has 21 heavy (non-hydrogen) atoms. The van der Waals surface area contributed by atoms with E-state index in [1.165, 1.54) is 0 Å². The summed E-state index contributed by atoms with van der Waals surface area (Å²) in [5.41, 5.74) is 0.870. The first-order chi connectivity index (χ1) is 9.65. The van der Waals surface area contributed by atoms with Crippen molar-refractivity contribution in [1.29, 1.82) is 0 Å². The quantitative estimate of drug-likeness (QED) is 0.601. The number of hydrogen-bond acceptors (Lipinski definition) is 4. The number of carboxylic acid groups (broad SMARTS) is 2. The Morgan fingerprint density at radius 1 is 1.14 bits per heavy atom. The highest BCUT2D eigenvalue weighted by molar-refractivity contribution is 5.98. The molecule has 0 saturated carbocycles. The molecular weight excluding hydrogens is 280 g/mol. The molecular formula is C13H16N2O6. The maximum atomic E-state index is 12.1. The van der Waals surface area contributed by atoms with Gasteiger partial charge in [0, 0.05) is 5.69 Å². The molecule has 0 aliphatic heterocycles. The third kappa shape index (κ3) is 3.68. The van der Waals surface area contributed by atoms with Crippen molar-refractivity contribution in [3.63, 3.8) is 0 Å². The molecule has 8 heteroatoms. The van der Waals surface area contributed by atoms with Gasteiger partial charge >= 0.3 is 11.9 Å². The fourth-order valence-electron chi connectivity index (χ4n) is 1.84. The Kier molecular flexibility index (Phi) is 4.85. The number of aliphatic carboxylic acids is 2. The molecule has 1 aromatic heterocycles. The summed E-state index contributed by atoms with van der Waals surface area (Å²) >= 11 is 0. The number of aromatic nitrogens is 1. The van der Waals surface area contributed by atoms with Gasteiger partial charge in [-0.05, 0) is 31.9 Å². The van der Waals surface area contributed by atoms with Crippen molar-refractivity contribution in [3.05, 3.63) is 32.7 Å². The zero-order valence-corrected chi connectivity index (χ0v) is 11.8. The van der Waals surface area contributed by atoms with Crippen LogP contribution < -0.4 is 10.9 Å². The number of carbonyl (C=O) groups excluding carboxylic acids is 1. The zero-order chi connectivity index (χ0) is 16.3. The van der Waals surface area contributed by atoms with Crippen LogP contribution in [0.2, 0.25) is 0 Å². The summed E-state index contributed by atoms with van der Waals surface area (Å²) in [6.45, 7) is 4.96. The van der Waals surface area contributed by atoms with Gasteiger partial charge in [-0.25, -0.2) is 4.79 Å². The Morgan fingerprint density at radius 2 is 1.71 bits per heavy atom. The van der Waals surface area contributed by atoms with Crippen LogP contribution in [-0.4, -0.2) is 39.1 Å². The lowest BCUT2D eigenvalue weighted by atomic mass is 10.0. The summed E-state index contributed by atoms with van der Waals surface area (Å²) in [7, 11) is 0. The van der Waals surface area contributed by atoms with Gasteiger partial charge in [0.1, 0.15) is 11.6 Å². The average Bonchev–Trinajstić information content (AvgIpc) is 2.34. The lowest BCUT2D eigenvalue weighted by Gasteiger charge is -2.14. The van der Waals surface area contributed by atoms with Gasteiger partial charge in [0.25, 0.3) is 11.5 Å². The maximum absolute atomic E-state index is 12.1. The summed E-state index contributed by atoms with van der Waals surface area (Å²) < 4.78 is 0. The molecule has 0 aliphatic carbocycles. The van der Waals surface area contributed by atoms with Crippen LogP contribution in [0.3, 0.4) is 0 Å². The van der Waals surface area contributed by atoms with Crippen LogP contribution in [0, 0.1) is 20.8 Å². The Labute approximate surface area is 119 Å². The van der Waals surface area contributed by atoms with Gasteiger partial charge in [-0.1, -0.05) is 0 Å². The molecule has 0 aliphatic rings. The van der Waals surface area contributed by atoms with E-state index in [1.54, 1.807) is 20.8 Å². The Bertz CT molecular complexity index is 661. The molecule has 4 N–H and O–H groups in total. The second-order valence-electron chi connectivity index (χ2n) is 4.67. The molecule has 1 aromatic rings. The molecule has 1 atom stereocenters. The van der Waals surface area contributed by atoms with E-state index in [4.69, 9.17) is 10.2 Å². The molecule has 0 saturated heterocycles. The fraction of sp³-hybridized carbons (Fsp3) is 0.385. The number of rotatable bonds is 5. The summed E-state index contributed by atoms with van der Waals surface area (Å²) in [5, 5.41) is 19.6. The van der Waals surface area contributed by atoms with E-state index in [-0.39, 0.29) is 5.56 Å². The number of carbonyl (C=O) groups is 3. The van der Waals surface area contributed by atoms with Crippen molar-refractivity contribution >= 4 is 17.8 Å². The third-order valence-electron chi connectivity index (χ3n) is 3.24. The van der Waals surface area contributed by atoms with Gasteiger partial charge in [0.05, 0.1) is 6.42 Å². The van der Waals surface area contributed by atoms with E-state index in [9.17, 15) is 19.2 Å². The third-order valence-corrected chi connectivity index (χ3v) is 3.24. The number of aryl methyl sites for hydroxylation is 1. The minimum absolute atomic E-state index is 0.213. The largest absolute Gasteiger partial charge is 0.481 e. The number of nitrogens with one attached hydrogen (secondary N) is 2. The van der Waals surface area contributed by atoms with Gasteiger partial charge in [-0.3, -0.25) is 14.4 Å². The van der Waals surface area contributed by atoms with Crippen LogP contribution in [0.5, 0.6) is 0 Å². The lowest BCUT2D eigenvalue weighted by Crippen LogP contribution is -2.44. The molecule has 0 unspecified atom stereocenters. The Balaban J connectivity index is 3.15. The molecule has 1 heterocycles. The van der Waals surface area contributed by atoms with Crippen molar-refractivity contribution in [2.75, 3.05) is 0 Å². The predicted octanol–water partition coefficient (Wildman–Crippen LogP) is -0.0421. The summed E-state index contributed by atoms with van der Waals surface area (Å²) in [6.07, 6.45) is -0.775. The molecule has 8 nitrogen and oxygen atoms in total. The molecule has 0 fully saturated rings. The van der Waals surface area contributed by atoms with Gasteiger partial charge in [-0.2, -0.15) is 0 Å². The summed E-state index contributed by atoms with van der Waals surface area (Å²) in [4.78, 5) is 47.9. The molecule has 0 spiro atoms. The van der Waals surface area contributed by atoms with Crippen molar-refractivity contribution < 1.29 is 24.6 Å². The van der Waals surface area contributed by atoms with E-state index in [1.807, 2.05) is 0 Å². The van der Waals surface area contributed by atoms with Crippen molar-refractivity contribution in [3.8, 4) is 0 Å². The minimum atomic E-state index is -1.60. The highest BCUT2D eigenvalue weighted by atomic mass is 16.4. The highest BCUT2D eigenvalue weighted by Crippen LogP contribution is 2.11. The minimum Gasteiger partial charge on any atom is -0.481 e. The monoisotopic (exact) mass is 296 g/mol. The number of hydrogen-bond donors (Lipinski definition) is 4. The maximum Gasteiger partial charge on any atom is 0.326 e. The van der Waals surface area contributed by atoms with E-state index >= 15 is 0 Å². The van der Waals surface area contributed by atoms with Crippen LogP contribution in [0.25, 0.3) is 0 Å². The SMILES string of the molecule is Cc1[nH]c(=O)c(C(=O)N[C@H](CC(=O)O)C(=O)O)c(C)c1C. The zero-order valence-electron chi connectivity index (χ0n) is 11.8. The standard InChI is InChI=1S/C13H16N2O6/c1-5-6(2)10(11(18)14-7(5)3)12(19)15-8(13(20)21)4-9(16)17/h8H,4H2,1-3H3,(H,14,18)(H,15,19)(H,16,17)(H,20,21)/t8-/m1/s1. The highest BCUT2D eigenvalue weighted by Gasteiger charge is 2.26. The van der Waals surface area contributed by atoms with Gasteiger partial charge in [-0.15, -0.1) is 0 Å². The van der Waals surface area contributed by atoms with E-state index in [0.29, 0.717) is 16.8 Å². The first kappa shape index (κ1) is 16.4. The lowest BCUT2D eigenvalue weighted by molar-refractivity contribution is -0.145. The van der Waals surface area contributed by atoms with Crippen LogP contribution in [0.4, 0.5) is 0 Å². The van der Waals surface area contributed by atoms with Gasteiger partial charge in [0.2, 0.25) is 0 Å². The first-order valence-corrected chi connectivity index (χ1v) is 6.10. The van der Waals surface area contributed by atoms with Crippen LogP contribution in [-0.2, 0) is 9.59 Å². The smallest absolute Gasteiger partial charge is 0.326 e. The predicted molar refractivity (Wildman–Crippen MR) is 72.4 cm³/mol. The molecule has 114 valence electrons.